The molecule has 0 radical (unpaired) electrons. The van der Waals surface area contributed by atoms with Crippen molar-refractivity contribution in [2.45, 2.75) is 18.1 Å². The van der Waals surface area contributed by atoms with Gasteiger partial charge in [0.15, 0.2) is 5.16 Å². The summed E-state index contributed by atoms with van der Waals surface area (Å²) in [4.78, 5) is 26.4. The molecule has 0 saturated carbocycles. The minimum absolute atomic E-state index is 0.112. The van der Waals surface area contributed by atoms with Crippen molar-refractivity contribution in [3.05, 3.63) is 23.2 Å². The molecule has 0 bridgehead atoms. The fraction of sp³-hybridized carbons (Fsp3) is 0.308. The van der Waals surface area contributed by atoms with Crippen LogP contribution in [0.4, 0.5) is 0 Å². The number of aliphatic carboxylic acids is 1. The molecule has 1 heterocycles. The fourth-order valence-corrected chi connectivity index (χ4v) is 2.89. The largest absolute Gasteiger partial charge is 0.481 e. The molecule has 8 heteroatoms. The molecule has 0 fully saturated rings. The molecule has 112 valence electrons. The summed E-state index contributed by atoms with van der Waals surface area (Å²) in [5.74, 6) is -1.39. The highest BCUT2D eigenvalue weighted by molar-refractivity contribution is 7.99. The number of nitrogens with zero attached hydrogens (tertiary/aromatic N) is 2. The van der Waals surface area contributed by atoms with Gasteiger partial charge < -0.3 is 14.4 Å². The Morgan fingerprint density at radius 1 is 1.48 bits per heavy atom. The number of carboxylic acid groups (broad SMARTS) is 1. The second-order valence-corrected chi connectivity index (χ2v) is 5.51. The molecule has 1 N–H and O–H groups in total. The number of hydrogen-bond donors (Lipinski definition) is 1. The van der Waals surface area contributed by atoms with E-state index in [0.717, 1.165) is 11.8 Å². The average molecular weight is 329 g/mol. The van der Waals surface area contributed by atoms with Gasteiger partial charge in [-0.1, -0.05) is 29.4 Å². The molecule has 2 rings (SSSR count). The summed E-state index contributed by atoms with van der Waals surface area (Å²) in [6.45, 7) is 0.328. The quantitative estimate of drug-likeness (QED) is 0.648. The van der Waals surface area contributed by atoms with Gasteiger partial charge in [-0.2, -0.15) is 0 Å². The molecule has 0 amide bonds. The minimum atomic E-state index is -0.933. The maximum absolute atomic E-state index is 11.3. The zero-order chi connectivity index (χ0) is 15.4. The van der Waals surface area contributed by atoms with E-state index in [9.17, 15) is 9.59 Å². The van der Waals surface area contributed by atoms with Crippen LogP contribution in [0, 0.1) is 0 Å². The van der Waals surface area contributed by atoms with Gasteiger partial charge in [-0.3, -0.25) is 9.59 Å². The third kappa shape index (κ3) is 3.68. The van der Waals surface area contributed by atoms with Crippen LogP contribution in [0.5, 0.6) is 0 Å². The lowest BCUT2D eigenvalue weighted by Gasteiger charge is -2.08. The predicted molar refractivity (Wildman–Crippen MR) is 79.7 cm³/mol. The number of halogens is 1. The van der Waals surface area contributed by atoms with Gasteiger partial charge in [0, 0.05) is 6.54 Å². The first-order valence-electron chi connectivity index (χ1n) is 6.09. The molecule has 1 aromatic heterocycles. The van der Waals surface area contributed by atoms with Crippen molar-refractivity contribution in [1.29, 1.82) is 0 Å². The lowest BCUT2D eigenvalue weighted by atomic mass is 10.3. The van der Waals surface area contributed by atoms with E-state index in [1.165, 1.54) is 7.11 Å². The number of rotatable bonds is 6. The molecule has 0 aliphatic heterocycles. The number of carboxylic acids is 1. The van der Waals surface area contributed by atoms with Crippen LogP contribution in [0.2, 0.25) is 5.02 Å². The highest BCUT2D eigenvalue weighted by Gasteiger charge is 2.16. The highest BCUT2D eigenvalue weighted by Crippen LogP contribution is 2.29. The van der Waals surface area contributed by atoms with E-state index in [2.05, 4.69) is 9.72 Å². The molecule has 0 spiro atoms. The van der Waals surface area contributed by atoms with Crippen LogP contribution in [0.3, 0.4) is 0 Å². The summed E-state index contributed by atoms with van der Waals surface area (Å²) in [5, 5.41) is 9.82. The van der Waals surface area contributed by atoms with Gasteiger partial charge in [0.1, 0.15) is 0 Å². The van der Waals surface area contributed by atoms with Crippen molar-refractivity contribution < 1.29 is 19.4 Å². The van der Waals surface area contributed by atoms with Crippen molar-refractivity contribution >= 4 is 46.3 Å². The van der Waals surface area contributed by atoms with Crippen molar-refractivity contribution in [1.82, 2.24) is 9.55 Å². The third-order valence-electron chi connectivity index (χ3n) is 2.77. The van der Waals surface area contributed by atoms with Gasteiger partial charge in [0.25, 0.3) is 0 Å². The van der Waals surface area contributed by atoms with Crippen molar-refractivity contribution in [3.8, 4) is 0 Å². The van der Waals surface area contributed by atoms with Crippen LogP contribution in [-0.4, -0.2) is 39.5 Å². The van der Waals surface area contributed by atoms with Gasteiger partial charge in [0.05, 0.1) is 35.3 Å². The van der Waals surface area contributed by atoms with Gasteiger partial charge >= 0.3 is 11.9 Å². The van der Waals surface area contributed by atoms with Crippen molar-refractivity contribution in [2.24, 2.45) is 0 Å². The minimum Gasteiger partial charge on any atom is -0.481 e. The van der Waals surface area contributed by atoms with E-state index in [4.69, 9.17) is 16.7 Å². The molecule has 0 aliphatic carbocycles. The van der Waals surface area contributed by atoms with Gasteiger partial charge in [-0.05, 0) is 12.1 Å². The van der Waals surface area contributed by atoms with Crippen molar-refractivity contribution in [2.75, 3.05) is 12.9 Å². The number of esters is 1. The SMILES string of the molecule is COC(=O)CCn1c(SCC(=O)O)nc2cccc(Cl)c21. The molecular formula is C13H13ClN2O4S. The topological polar surface area (TPSA) is 81.4 Å². The second kappa shape index (κ2) is 6.82. The smallest absolute Gasteiger partial charge is 0.313 e. The number of ether oxygens (including phenoxy) is 1. The summed E-state index contributed by atoms with van der Waals surface area (Å²) >= 11 is 7.28. The van der Waals surface area contributed by atoms with Crippen LogP contribution >= 0.6 is 23.4 Å². The second-order valence-electron chi connectivity index (χ2n) is 4.16. The number of thioether (sulfide) groups is 1. The Labute approximate surface area is 130 Å². The van der Waals surface area contributed by atoms with E-state index in [1.807, 2.05) is 0 Å². The molecular weight excluding hydrogens is 316 g/mol. The maximum atomic E-state index is 11.3. The lowest BCUT2D eigenvalue weighted by Crippen LogP contribution is -2.09. The van der Waals surface area contributed by atoms with E-state index in [-0.39, 0.29) is 18.1 Å². The number of aryl methyl sites for hydroxylation is 1. The monoisotopic (exact) mass is 328 g/mol. The first-order valence-corrected chi connectivity index (χ1v) is 7.45. The summed E-state index contributed by atoms with van der Waals surface area (Å²) in [6.07, 6.45) is 0.161. The number of hydrogen-bond acceptors (Lipinski definition) is 5. The number of carbonyl (C=O) groups is 2. The van der Waals surface area contributed by atoms with Crippen molar-refractivity contribution in [3.63, 3.8) is 0 Å². The molecule has 2 aromatic rings. The number of aromatic nitrogens is 2. The van der Waals surface area contributed by atoms with E-state index in [1.54, 1.807) is 22.8 Å². The van der Waals surface area contributed by atoms with E-state index in [0.29, 0.717) is 27.8 Å². The number of benzene rings is 1. The standard InChI is InChI=1S/C13H13ClN2O4S/c1-20-11(19)5-6-16-12-8(14)3-2-4-9(12)15-13(16)21-7-10(17)18/h2-4H,5-7H2,1H3,(H,17,18). The number of fused-ring (bicyclic) bond motifs is 1. The predicted octanol–water partition coefficient (Wildman–Crippen LogP) is 2.43. The van der Waals surface area contributed by atoms with Crippen LogP contribution in [0.1, 0.15) is 6.42 Å². The molecule has 0 aliphatic rings. The molecule has 0 atom stereocenters. The molecule has 0 saturated heterocycles. The summed E-state index contributed by atoms with van der Waals surface area (Å²) in [5.41, 5.74) is 1.36. The first kappa shape index (κ1) is 15.7. The zero-order valence-corrected chi connectivity index (χ0v) is 12.8. The van der Waals surface area contributed by atoms with Crippen LogP contribution in [0.15, 0.2) is 23.4 Å². The van der Waals surface area contributed by atoms with Gasteiger partial charge in [-0.25, -0.2) is 4.98 Å². The Morgan fingerprint density at radius 2 is 2.24 bits per heavy atom. The van der Waals surface area contributed by atoms with E-state index >= 15 is 0 Å². The number of para-hydroxylation sites is 1. The molecule has 0 unspecified atom stereocenters. The Hall–Kier alpha value is -1.73. The molecule has 1 aromatic carbocycles. The third-order valence-corrected chi connectivity index (χ3v) is 4.04. The van der Waals surface area contributed by atoms with Gasteiger partial charge in [-0.15, -0.1) is 0 Å². The van der Waals surface area contributed by atoms with Crippen LogP contribution in [-0.2, 0) is 20.9 Å². The Balaban J connectivity index is 2.38. The summed E-state index contributed by atoms with van der Waals surface area (Å²) in [6, 6.07) is 5.29. The number of methoxy groups -OCH3 is 1. The Bertz CT molecular complexity index is 686. The maximum Gasteiger partial charge on any atom is 0.313 e. The molecule has 6 nitrogen and oxygen atoms in total. The zero-order valence-electron chi connectivity index (χ0n) is 11.2. The molecule has 21 heavy (non-hydrogen) atoms. The highest BCUT2D eigenvalue weighted by atomic mass is 35.5. The van der Waals surface area contributed by atoms with Gasteiger partial charge in [0.2, 0.25) is 0 Å². The van der Waals surface area contributed by atoms with Crippen LogP contribution in [0.25, 0.3) is 11.0 Å². The number of carbonyl (C=O) groups excluding carboxylic acids is 1. The normalized spacial score (nSPS) is 10.8. The lowest BCUT2D eigenvalue weighted by molar-refractivity contribution is -0.141. The Morgan fingerprint density at radius 3 is 2.90 bits per heavy atom. The number of imidazole rings is 1. The fourth-order valence-electron chi connectivity index (χ4n) is 1.87. The van der Waals surface area contributed by atoms with E-state index < -0.39 is 5.97 Å². The summed E-state index contributed by atoms with van der Waals surface area (Å²) in [7, 11) is 1.32. The average Bonchev–Trinajstić information content (AvgIpc) is 2.81. The summed E-state index contributed by atoms with van der Waals surface area (Å²) < 4.78 is 6.37. The van der Waals surface area contributed by atoms with Crippen LogP contribution < -0.4 is 0 Å². The first-order chi connectivity index (χ1) is 10.0. The Kier molecular flexibility index (Phi) is 5.08.